The summed E-state index contributed by atoms with van der Waals surface area (Å²) in [4.78, 5) is 11.0. The van der Waals surface area contributed by atoms with Crippen LogP contribution in [0.4, 0.5) is 11.8 Å². The van der Waals surface area contributed by atoms with Crippen LogP contribution in [0, 0.1) is 12.8 Å². The number of nitrogen functional groups attached to an aromatic ring is 1. The Morgan fingerprint density at radius 1 is 1.41 bits per heavy atom. The molecular weight excluding hydrogens is 214 g/mol. The Kier molecular flexibility index (Phi) is 3.47. The van der Waals surface area contributed by atoms with E-state index in [1.807, 2.05) is 13.1 Å². The number of hydrogen-bond acceptors (Lipinski definition) is 5. The Balaban J connectivity index is 2.30. The van der Waals surface area contributed by atoms with Crippen LogP contribution in [0.3, 0.4) is 0 Å². The maximum atomic E-state index is 5.37. The molecule has 1 aliphatic rings. The van der Waals surface area contributed by atoms with Gasteiger partial charge in [-0.25, -0.2) is 10.8 Å². The highest BCUT2D eigenvalue weighted by Gasteiger charge is 2.25. The van der Waals surface area contributed by atoms with Gasteiger partial charge in [0.1, 0.15) is 5.82 Å². The third-order valence-corrected chi connectivity index (χ3v) is 3.46. The standard InChI is InChI=1S/C12H21N5/c1-8-4-5-10(3)17(7-8)11-9(2)6-14-12(15-11)16-13/h6,8,10H,4-5,7,13H2,1-3H3,(H,14,15,16). The van der Waals surface area contributed by atoms with E-state index in [1.54, 1.807) is 0 Å². The van der Waals surface area contributed by atoms with Crippen LogP contribution >= 0.6 is 0 Å². The zero-order chi connectivity index (χ0) is 12.4. The van der Waals surface area contributed by atoms with Crippen LogP contribution in [-0.2, 0) is 0 Å². The van der Waals surface area contributed by atoms with Crippen molar-refractivity contribution in [1.29, 1.82) is 0 Å². The van der Waals surface area contributed by atoms with Crippen LogP contribution in [0.5, 0.6) is 0 Å². The average molecular weight is 235 g/mol. The van der Waals surface area contributed by atoms with Gasteiger partial charge in [0.05, 0.1) is 0 Å². The maximum absolute atomic E-state index is 5.37. The molecule has 0 amide bonds. The lowest BCUT2D eigenvalue weighted by atomic mass is 9.95. The summed E-state index contributed by atoms with van der Waals surface area (Å²) in [5, 5.41) is 0. The average Bonchev–Trinajstić information content (AvgIpc) is 2.33. The van der Waals surface area contributed by atoms with Gasteiger partial charge in [0.2, 0.25) is 5.95 Å². The molecule has 1 fully saturated rings. The van der Waals surface area contributed by atoms with Crippen molar-refractivity contribution >= 4 is 11.8 Å². The molecule has 17 heavy (non-hydrogen) atoms. The van der Waals surface area contributed by atoms with Crippen molar-refractivity contribution in [2.24, 2.45) is 11.8 Å². The van der Waals surface area contributed by atoms with Crippen molar-refractivity contribution < 1.29 is 0 Å². The quantitative estimate of drug-likeness (QED) is 0.603. The number of piperidine rings is 1. The number of hydrazine groups is 1. The first-order chi connectivity index (χ1) is 8.11. The summed E-state index contributed by atoms with van der Waals surface area (Å²) in [6.07, 6.45) is 4.34. The lowest BCUT2D eigenvalue weighted by Gasteiger charge is -2.38. The summed E-state index contributed by atoms with van der Waals surface area (Å²) < 4.78 is 0. The van der Waals surface area contributed by atoms with Crippen molar-refractivity contribution in [3.8, 4) is 0 Å². The molecule has 2 unspecified atom stereocenters. The van der Waals surface area contributed by atoms with Gasteiger partial charge in [0.15, 0.2) is 0 Å². The van der Waals surface area contributed by atoms with Gasteiger partial charge in [-0.1, -0.05) is 6.92 Å². The largest absolute Gasteiger partial charge is 0.353 e. The Bertz CT molecular complexity index is 392. The van der Waals surface area contributed by atoms with Crippen LogP contribution in [-0.4, -0.2) is 22.6 Å². The molecule has 2 heterocycles. The van der Waals surface area contributed by atoms with E-state index in [2.05, 4.69) is 34.1 Å². The Morgan fingerprint density at radius 3 is 2.88 bits per heavy atom. The molecule has 1 aromatic heterocycles. The number of nitrogens with two attached hydrogens (primary N) is 1. The van der Waals surface area contributed by atoms with Crippen LogP contribution < -0.4 is 16.2 Å². The van der Waals surface area contributed by atoms with E-state index in [0.717, 1.165) is 23.8 Å². The van der Waals surface area contributed by atoms with Gasteiger partial charge in [-0.05, 0) is 32.6 Å². The van der Waals surface area contributed by atoms with Crippen LogP contribution in [0.1, 0.15) is 32.3 Å². The third-order valence-electron chi connectivity index (χ3n) is 3.46. The van der Waals surface area contributed by atoms with Gasteiger partial charge in [-0.15, -0.1) is 0 Å². The summed E-state index contributed by atoms with van der Waals surface area (Å²) >= 11 is 0. The van der Waals surface area contributed by atoms with E-state index in [0.29, 0.717) is 12.0 Å². The minimum Gasteiger partial charge on any atom is -0.353 e. The Hall–Kier alpha value is -1.36. The maximum Gasteiger partial charge on any atom is 0.239 e. The monoisotopic (exact) mass is 235 g/mol. The van der Waals surface area contributed by atoms with E-state index in [-0.39, 0.29) is 0 Å². The van der Waals surface area contributed by atoms with E-state index in [4.69, 9.17) is 5.84 Å². The van der Waals surface area contributed by atoms with Crippen molar-refractivity contribution in [3.63, 3.8) is 0 Å². The summed E-state index contributed by atoms with van der Waals surface area (Å²) in [7, 11) is 0. The van der Waals surface area contributed by atoms with E-state index >= 15 is 0 Å². The normalized spacial score (nSPS) is 24.8. The first-order valence-electron chi connectivity index (χ1n) is 6.18. The molecule has 0 radical (unpaired) electrons. The second-order valence-electron chi connectivity index (χ2n) is 5.03. The van der Waals surface area contributed by atoms with E-state index in [9.17, 15) is 0 Å². The predicted molar refractivity (Wildman–Crippen MR) is 69.8 cm³/mol. The lowest BCUT2D eigenvalue weighted by molar-refractivity contribution is 0.387. The molecule has 0 saturated carbocycles. The highest BCUT2D eigenvalue weighted by atomic mass is 15.3. The highest BCUT2D eigenvalue weighted by Crippen LogP contribution is 2.28. The number of anilines is 2. The molecule has 2 rings (SSSR count). The number of hydrogen-bond donors (Lipinski definition) is 2. The summed E-state index contributed by atoms with van der Waals surface area (Å²) in [6, 6.07) is 0.533. The second-order valence-corrected chi connectivity index (χ2v) is 5.03. The molecule has 1 aromatic rings. The van der Waals surface area contributed by atoms with E-state index < -0.39 is 0 Å². The van der Waals surface area contributed by atoms with Crippen LogP contribution in [0.25, 0.3) is 0 Å². The minimum absolute atomic E-state index is 0.482. The molecular formula is C12H21N5. The van der Waals surface area contributed by atoms with Gasteiger partial charge in [0, 0.05) is 24.3 Å². The van der Waals surface area contributed by atoms with Crippen molar-refractivity contribution in [2.45, 2.75) is 39.7 Å². The molecule has 0 spiro atoms. The number of nitrogens with zero attached hydrogens (tertiary/aromatic N) is 3. The summed E-state index contributed by atoms with van der Waals surface area (Å²) in [5.41, 5.74) is 3.61. The fourth-order valence-corrected chi connectivity index (χ4v) is 2.38. The fraction of sp³-hybridized carbons (Fsp3) is 0.667. The van der Waals surface area contributed by atoms with Crippen molar-refractivity contribution in [2.75, 3.05) is 16.9 Å². The van der Waals surface area contributed by atoms with Crippen molar-refractivity contribution in [3.05, 3.63) is 11.8 Å². The minimum atomic E-state index is 0.482. The zero-order valence-corrected chi connectivity index (χ0v) is 10.8. The third kappa shape index (κ3) is 2.49. The number of rotatable bonds is 2. The topological polar surface area (TPSA) is 67.1 Å². The molecule has 2 atom stereocenters. The van der Waals surface area contributed by atoms with Gasteiger partial charge < -0.3 is 4.90 Å². The summed E-state index contributed by atoms with van der Waals surface area (Å²) in [6.45, 7) is 7.64. The first kappa shape index (κ1) is 12.1. The summed E-state index contributed by atoms with van der Waals surface area (Å²) in [5.74, 6) is 7.57. The SMILES string of the molecule is Cc1cnc(NN)nc1N1CC(C)CCC1C. The fourth-order valence-electron chi connectivity index (χ4n) is 2.38. The number of aromatic nitrogens is 2. The smallest absolute Gasteiger partial charge is 0.239 e. The lowest BCUT2D eigenvalue weighted by Crippen LogP contribution is -2.42. The molecule has 3 N–H and O–H groups in total. The molecule has 1 aliphatic heterocycles. The van der Waals surface area contributed by atoms with Crippen LogP contribution in [0.15, 0.2) is 6.20 Å². The zero-order valence-electron chi connectivity index (χ0n) is 10.8. The molecule has 5 nitrogen and oxygen atoms in total. The molecule has 0 bridgehead atoms. The van der Waals surface area contributed by atoms with Gasteiger partial charge in [-0.3, -0.25) is 5.43 Å². The van der Waals surface area contributed by atoms with E-state index in [1.165, 1.54) is 12.8 Å². The second kappa shape index (κ2) is 4.87. The number of nitrogens with one attached hydrogen (secondary N) is 1. The molecule has 94 valence electrons. The first-order valence-corrected chi connectivity index (χ1v) is 6.18. The molecule has 0 aliphatic carbocycles. The Morgan fingerprint density at radius 2 is 2.18 bits per heavy atom. The number of aryl methyl sites for hydroxylation is 1. The Labute approximate surface area is 102 Å². The highest BCUT2D eigenvalue weighted by molar-refractivity contribution is 5.49. The predicted octanol–water partition coefficient (Wildman–Crippen LogP) is 1.70. The molecule has 1 saturated heterocycles. The van der Waals surface area contributed by atoms with Gasteiger partial charge in [-0.2, -0.15) is 4.98 Å². The molecule has 5 heteroatoms. The van der Waals surface area contributed by atoms with Crippen molar-refractivity contribution in [1.82, 2.24) is 9.97 Å². The van der Waals surface area contributed by atoms with Gasteiger partial charge >= 0.3 is 0 Å². The van der Waals surface area contributed by atoms with Gasteiger partial charge in [0.25, 0.3) is 0 Å². The van der Waals surface area contributed by atoms with Crippen LogP contribution in [0.2, 0.25) is 0 Å². The molecule has 0 aromatic carbocycles.